The lowest BCUT2D eigenvalue weighted by molar-refractivity contribution is -0.146. The number of alkyl halides is 3. The standard InChI is InChI=1S/C19H19F5N4O5S/c1-34(30,31)15-9-11(20)14(8-12(15)21)32-13-4-7-28(16(13)29)10-2-5-27(6-3-10)18-25-17(26-33-18)19(22,23)24/h8-10,13H,2-7H2,1H3. The van der Waals surface area contributed by atoms with Crippen molar-refractivity contribution in [3.63, 3.8) is 0 Å². The van der Waals surface area contributed by atoms with Gasteiger partial charge in [0.15, 0.2) is 27.5 Å². The summed E-state index contributed by atoms with van der Waals surface area (Å²) in [4.78, 5) is 18.4. The minimum absolute atomic E-state index is 0.201. The van der Waals surface area contributed by atoms with Crippen LogP contribution < -0.4 is 9.64 Å². The summed E-state index contributed by atoms with van der Waals surface area (Å²) in [7, 11) is -3.99. The molecule has 0 bridgehead atoms. The summed E-state index contributed by atoms with van der Waals surface area (Å²) >= 11 is 0. The van der Waals surface area contributed by atoms with Crippen molar-refractivity contribution < 1.29 is 44.4 Å². The highest BCUT2D eigenvalue weighted by molar-refractivity contribution is 7.90. The zero-order chi connectivity index (χ0) is 24.8. The number of nitrogens with zero attached hydrogens (tertiary/aromatic N) is 4. The van der Waals surface area contributed by atoms with Crippen molar-refractivity contribution >= 4 is 21.8 Å². The molecule has 1 aromatic heterocycles. The monoisotopic (exact) mass is 510 g/mol. The van der Waals surface area contributed by atoms with Gasteiger partial charge in [-0.05, 0) is 24.1 Å². The molecule has 3 heterocycles. The van der Waals surface area contributed by atoms with Crippen molar-refractivity contribution in [2.24, 2.45) is 0 Å². The van der Waals surface area contributed by atoms with Crippen LogP contribution in [-0.4, -0.2) is 67.4 Å². The van der Waals surface area contributed by atoms with Crippen LogP contribution in [0, 0.1) is 11.6 Å². The molecule has 0 N–H and O–H groups in total. The molecule has 2 aromatic rings. The van der Waals surface area contributed by atoms with Crippen LogP contribution in [0.25, 0.3) is 0 Å². The lowest BCUT2D eigenvalue weighted by Crippen LogP contribution is -2.47. The van der Waals surface area contributed by atoms with Gasteiger partial charge in [0.25, 0.3) is 11.7 Å². The Kier molecular flexibility index (Phi) is 6.16. The quantitative estimate of drug-likeness (QED) is 0.565. The lowest BCUT2D eigenvalue weighted by Gasteiger charge is -2.35. The molecule has 1 amide bonds. The third kappa shape index (κ3) is 4.79. The van der Waals surface area contributed by atoms with Gasteiger partial charge in [-0.25, -0.2) is 17.2 Å². The number of ether oxygens (including phenoxy) is 1. The largest absolute Gasteiger partial charge is 0.477 e. The van der Waals surface area contributed by atoms with Crippen LogP contribution in [-0.2, 0) is 20.8 Å². The number of halogens is 5. The lowest BCUT2D eigenvalue weighted by atomic mass is 10.0. The first-order valence-electron chi connectivity index (χ1n) is 10.2. The molecule has 2 aliphatic rings. The Morgan fingerprint density at radius 3 is 2.35 bits per heavy atom. The van der Waals surface area contributed by atoms with Gasteiger partial charge in [0.05, 0.1) is 0 Å². The van der Waals surface area contributed by atoms with Crippen LogP contribution in [0.2, 0.25) is 0 Å². The number of hydrogen-bond donors (Lipinski definition) is 0. The van der Waals surface area contributed by atoms with Gasteiger partial charge in [0.2, 0.25) is 0 Å². The molecule has 0 saturated carbocycles. The van der Waals surface area contributed by atoms with Gasteiger partial charge in [-0.2, -0.15) is 18.2 Å². The van der Waals surface area contributed by atoms with E-state index in [-0.39, 0.29) is 31.6 Å². The van der Waals surface area contributed by atoms with Gasteiger partial charge >= 0.3 is 12.2 Å². The molecule has 2 aliphatic heterocycles. The van der Waals surface area contributed by atoms with Crippen LogP contribution in [0.5, 0.6) is 5.75 Å². The molecule has 15 heteroatoms. The van der Waals surface area contributed by atoms with Crippen molar-refractivity contribution in [1.82, 2.24) is 15.0 Å². The summed E-state index contributed by atoms with van der Waals surface area (Å²) in [5, 5.41) is 2.93. The number of amides is 1. The molecule has 1 unspecified atom stereocenters. The Hall–Kier alpha value is -2.97. The van der Waals surface area contributed by atoms with Gasteiger partial charge in [0.1, 0.15) is 10.7 Å². The maximum absolute atomic E-state index is 14.3. The van der Waals surface area contributed by atoms with Crippen molar-refractivity contribution in [1.29, 1.82) is 0 Å². The molecule has 1 aromatic carbocycles. The molecule has 0 radical (unpaired) electrons. The second-order valence-electron chi connectivity index (χ2n) is 8.03. The number of carbonyl (C=O) groups is 1. The summed E-state index contributed by atoms with van der Waals surface area (Å²) in [6.07, 6.45) is -4.04. The maximum atomic E-state index is 14.3. The Morgan fingerprint density at radius 2 is 1.76 bits per heavy atom. The molecule has 1 atom stereocenters. The molecular weight excluding hydrogens is 491 g/mol. The number of carbonyl (C=O) groups excluding carboxylic acids is 1. The fourth-order valence-electron chi connectivity index (χ4n) is 4.01. The minimum atomic E-state index is -4.72. The molecule has 0 spiro atoms. The van der Waals surface area contributed by atoms with E-state index >= 15 is 0 Å². The average Bonchev–Trinajstić information content (AvgIpc) is 3.38. The molecular formula is C19H19F5N4O5S. The highest BCUT2D eigenvalue weighted by atomic mass is 32.2. The second-order valence-corrected chi connectivity index (χ2v) is 10.0. The summed E-state index contributed by atoms with van der Waals surface area (Å²) < 4.78 is 99.5. The van der Waals surface area contributed by atoms with Gasteiger partial charge < -0.3 is 19.1 Å². The van der Waals surface area contributed by atoms with Crippen LogP contribution in [0.15, 0.2) is 21.6 Å². The zero-order valence-electron chi connectivity index (χ0n) is 17.7. The van der Waals surface area contributed by atoms with Crippen LogP contribution in [0.4, 0.5) is 28.0 Å². The highest BCUT2D eigenvalue weighted by Crippen LogP contribution is 2.31. The third-order valence-electron chi connectivity index (χ3n) is 5.69. The number of piperidine rings is 1. The molecule has 4 rings (SSSR count). The summed E-state index contributed by atoms with van der Waals surface area (Å²) in [6, 6.07) is 0.611. The Balaban J connectivity index is 1.37. The van der Waals surface area contributed by atoms with E-state index in [1.807, 2.05) is 0 Å². The topological polar surface area (TPSA) is 106 Å². The van der Waals surface area contributed by atoms with Crippen LogP contribution in [0.1, 0.15) is 25.1 Å². The Morgan fingerprint density at radius 1 is 1.09 bits per heavy atom. The van der Waals surface area contributed by atoms with Gasteiger partial charge in [0, 0.05) is 44.4 Å². The second kappa shape index (κ2) is 8.67. The molecule has 2 fully saturated rings. The Bertz CT molecular complexity index is 1190. The predicted octanol–water partition coefficient (Wildman–Crippen LogP) is 2.42. The third-order valence-corrected chi connectivity index (χ3v) is 6.80. The number of hydrogen-bond acceptors (Lipinski definition) is 8. The number of sulfone groups is 1. The smallest absolute Gasteiger partial charge is 0.455 e. The zero-order valence-corrected chi connectivity index (χ0v) is 18.5. The maximum Gasteiger partial charge on any atom is 0.455 e. The number of benzene rings is 1. The first kappa shape index (κ1) is 24.2. The SMILES string of the molecule is CS(=O)(=O)c1cc(F)c(OC2CCN(C3CCN(c4nc(C(F)(F)F)no4)CC3)C2=O)cc1F. The Labute approximate surface area is 190 Å². The molecule has 186 valence electrons. The number of likely N-dealkylation sites (tertiary alicyclic amines) is 1. The minimum Gasteiger partial charge on any atom is -0.477 e. The highest BCUT2D eigenvalue weighted by Gasteiger charge is 2.41. The van der Waals surface area contributed by atoms with Gasteiger partial charge in [-0.3, -0.25) is 4.79 Å². The van der Waals surface area contributed by atoms with E-state index in [4.69, 9.17) is 4.74 Å². The van der Waals surface area contributed by atoms with Crippen molar-refractivity contribution in [3.8, 4) is 5.75 Å². The van der Waals surface area contributed by atoms with E-state index < -0.39 is 56.1 Å². The van der Waals surface area contributed by atoms with E-state index in [9.17, 15) is 35.2 Å². The summed E-state index contributed by atoms with van der Waals surface area (Å²) in [5.74, 6) is -4.69. The van der Waals surface area contributed by atoms with Crippen LogP contribution >= 0.6 is 0 Å². The van der Waals surface area contributed by atoms with Gasteiger partial charge in [-0.1, -0.05) is 0 Å². The number of rotatable bonds is 5. The van der Waals surface area contributed by atoms with Crippen LogP contribution in [0.3, 0.4) is 0 Å². The fraction of sp³-hybridized carbons (Fsp3) is 0.526. The van der Waals surface area contributed by atoms with E-state index in [1.54, 1.807) is 0 Å². The number of aromatic nitrogens is 2. The summed E-state index contributed by atoms with van der Waals surface area (Å²) in [6.45, 7) is 0.830. The molecule has 2 saturated heterocycles. The normalized spacial score (nSPS) is 20.3. The summed E-state index contributed by atoms with van der Waals surface area (Å²) in [5.41, 5.74) is 0. The fourth-order valence-corrected chi connectivity index (χ4v) is 4.74. The van der Waals surface area contributed by atoms with Crippen molar-refractivity contribution in [2.45, 2.75) is 42.5 Å². The average molecular weight is 510 g/mol. The van der Waals surface area contributed by atoms with Crippen molar-refractivity contribution in [2.75, 3.05) is 30.8 Å². The van der Waals surface area contributed by atoms with Gasteiger partial charge in [-0.15, -0.1) is 0 Å². The van der Waals surface area contributed by atoms with E-state index in [0.717, 1.165) is 6.26 Å². The van der Waals surface area contributed by atoms with E-state index in [2.05, 4.69) is 14.7 Å². The molecule has 9 nitrogen and oxygen atoms in total. The first-order valence-corrected chi connectivity index (χ1v) is 12.1. The molecule has 34 heavy (non-hydrogen) atoms. The van der Waals surface area contributed by atoms with E-state index in [0.29, 0.717) is 31.5 Å². The predicted molar refractivity (Wildman–Crippen MR) is 105 cm³/mol. The van der Waals surface area contributed by atoms with Crippen molar-refractivity contribution in [3.05, 3.63) is 29.6 Å². The van der Waals surface area contributed by atoms with E-state index in [1.165, 1.54) is 9.80 Å². The molecule has 0 aliphatic carbocycles. The number of anilines is 1. The first-order chi connectivity index (χ1) is 15.8.